The zero-order valence-electron chi connectivity index (χ0n) is 16.8. The molecule has 0 atom stereocenters. The molecule has 0 aromatic rings. The van der Waals surface area contributed by atoms with E-state index in [0.29, 0.717) is 0 Å². The molecule has 0 heteroatoms. The van der Waals surface area contributed by atoms with Gasteiger partial charge in [-0.2, -0.15) is 0 Å². The lowest BCUT2D eigenvalue weighted by Crippen LogP contribution is -1.83. The van der Waals surface area contributed by atoms with Crippen molar-refractivity contribution in [2.75, 3.05) is 0 Å². The van der Waals surface area contributed by atoms with Gasteiger partial charge in [-0.1, -0.05) is 122 Å². The van der Waals surface area contributed by atoms with E-state index in [0.717, 1.165) is 0 Å². The summed E-state index contributed by atoms with van der Waals surface area (Å²) < 4.78 is 0. The Hall–Kier alpha value is -0.260. The average Bonchev–Trinajstić information content (AvgIpc) is 2.54. The molecule has 0 aliphatic heterocycles. The Morgan fingerprint density at radius 3 is 1.30 bits per heavy atom. The number of unbranched alkanes of at least 4 members (excludes halogenated alkanes) is 15. The molecular weight excluding hydrogens is 276 g/mol. The van der Waals surface area contributed by atoms with Crippen LogP contribution in [0.4, 0.5) is 0 Å². The highest BCUT2D eigenvalue weighted by atomic mass is 14.0. The Balaban J connectivity index is 3.07. The van der Waals surface area contributed by atoms with Crippen LogP contribution in [-0.4, -0.2) is 0 Å². The topological polar surface area (TPSA) is 0 Å². The van der Waals surface area contributed by atoms with Gasteiger partial charge in [0.25, 0.3) is 0 Å². The minimum atomic E-state index is 1.29. The molecule has 0 fully saturated rings. The molecule has 0 saturated carbocycles. The van der Waals surface area contributed by atoms with E-state index in [9.17, 15) is 0 Å². The van der Waals surface area contributed by atoms with Gasteiger partial charge in [-0.15, -0.1) is 0 Å². The normalized spacial score (nSPS) is 12.0. The lowest BCUT2D eigenvalue weighted by molar-refractivity contribution is 0.532. The first-order valence-corrected chi connectivity index (χ1v) is 11.0. The summed E-state index contributed by atoms with van der Waals surface area (Å²) >= 11 is 0. The van der Waals surface area contributed by atoms with Gasteiger partial charge >= 0.3 is 0 Å². The highest BCUT2D eigenvalue weighted by Crippen LogP contribution is 2.14. The standard InChI is InChI=1S/C23H46/c1-4-6-7-8-9-10-11-12-13-14-15-16-17-18-19-20-22-23(3)21-5-2/h22H,4-21H2,1-3H3. The minimum Gasteiger partial charge on any atom is -0.0856 e. The average molecular weight is 323 g/mol. The largest absolute Gasteiger partial charge is 0.0856 e. The van der Waals surface area contributed by atoms with Gasteiger partial charge < -0.3 is 0 Å². The summed E-state index contributed by atoms with van der Waals surface area (Å²) in [4.78, 5) is 0. The maximum absolute atomic E-state index is 2.46. The first-order valence-electron chi connectivity index (χ1n) is 11.0. The summed E-state index contributed by atoms with van der Waals surface area (Å²) in [6, 6.07) is 0. The van der Waals surface area contributed by atoms with Crippen molar-refractivity contribution in [2.45, 2.75) is 136 Å². The van der Waals surface area contributed by atoms with Crippen molar-refractivity contribution in [3.8, 4) is 0 Å². The van der Waals surface area contributed by atoms with Crippen LogP contribution in [0.5, 0.6) is 0 Å². The Morgan fingerprint density at radius 1 is 0.522 bits per heavy atom. The summed E-state index contributed by atoms with van der Waals surface area (Å²) in [6.07, 6.45) is 28.2. The number of allylic oxidation sites excluding steroid dienone is 2. The molecule has 138 valence electrons. The summed E-state index contributed by atoms with van der Waals surface area (Å²) in [5.41, 5.74) is 1.60. The van der Waals surface area contributed by atoms with E-state index in [1.807, 2.05) is 0 Å². The van der Waals surface area contributed by atoms with Gasteiger partial charge in [-0.05, 0) is 26.2 Å². The summed E-state index contributed by atoms with van der Waals surface area (Å²) in [5, 5.41) is 0. The van der Waals surface area contributed by atoms with Crippen molar-refractivity contribution >= 4 is 0 Å². The Bertz CT molecular complexity index is 238. The molecule has 0 aromatic carbocycles. The second-order valence-corrected chi connectivity index (χ2v) is 7.54. The molecule has 0 amide bonds. The van der Waals surface area contributed by atoms with Crippen molar-refractivity contribution in [1.29, 1.82) is 0 Å². The van der Waals surface area contributed by atoms with Crippen molar-refractivity contribution in [2.24, 2.45) is 0 Å². The van der Waals surface area contributed by atoms with Crippen LogP contribution in [0.25, 0.3) is 0 Å². The molecule has 0 heterocycles. The van der Waals surface area contributed by atoms with E-state index in [2.05, 4.69) is 26.8 Å². The quantitative estimate of drug-likeness (QED) is 0.174. The Kier molecular flexibility index (Phi) is 19.6. The lowest BCUT2D eigenvalue weighted by atomic mass is 10.0. The molecule has 0 spiro atoms. The fourth-order valence-corrected chi connectivity index (χ4v) is 3.36. The van der Waals surface area contributed by atoms with Crippen LogP contribution in [0.15, 0.2) is 11.6 Å². The van der Waals surface area contributed by atoms with Gasteiger partial charge in [0.15, 0.2) is 0 Å². The van der Waals surface area contributed by atoms with Crippen molar-refractivity contribution in [3.05, 3.63) is 11.6 Å². The van der Waals surface area contributed by atoms with Crippen LogP contribution >= 0.6 is 0 Å². The maximum atomic E-state index is 2.46. The number of hydrogen-bond donors (Lipinski definition) is 0. The van der Waals surface area contributed by atoms with Gasteiger partial charge in [0.1, 0.15) is 0 Å². The number of rotatable bonds is 18. The van der Waals surface area contributed by atoms with Gasteiger partial charge in [0.2, 0.25) is 0 Å². The minimum absolute atomic E-state index is 1.29. The second-order valence-electron chi connectivity index (χ2n) is 7.54. The zero-order valence-corrected chi connectivity index (χ0v) is 16.8. The van der Waals surface area contributed by atoms with Gasteiger partial charge in [-0.25, -0.2) is 0 Å². The van der Waals surface area contributed by atoms with Crippen molar-refractivity contribution in [1.82, 2.24) is 0 Å². The zero-order chi connectivity index (χ0) is 17.0. The lowest BCUT2D eigenvalue weighted by Gasteiger charge is -2.03. The third-order valence-corrected chi connectivity index (χ3v) is 4.94. The van der Waals surface area contributed by atoms with E-state index >= 15 is 0 Å². The Morgan fingerprint density at radius 2 is 0.913 bits per heavy atom. The van der Waals surface area contributed by atoms with Crippen LogP contribution < -0.4 is 0 Å². The van der Waals surface area contributed by atoms with Gasteiger partial charge in [0.05, 0.1) is 0 Å². The maximum Gasteiger partial charge on any atom is -0.0326 e. The Labute approximate surface area is 148 Å². The highest BCUT2D eigenvalue weighted by Gasteiger charge is 1.94. The smallest absolute Gasteiger partial charge is 0.0326 e. The van der Waals surface area contributed by atoms with Crippen molar-refractivity contribution in [3.63, 3.8) is 0 Å². The molecule has 0 aliphatic carbocycles. The molecular formula is C23H46. The van der Waals surface area contributed by atoms with E-state index < -0.39 is 0 Å². The molecule has 23 heavy (non-hydrogen) atoms. The highest BCUT2D eigenvalue weighted by molar-refractivity contribution is 4.97. The molecule has 0 saturated heterocycles. The molecule has 0 aliphatic rings. The van der Waals surface area contributed by atoms with Gasteiger partial charge in [-0.3, -0.25) is 0 Å². The van der Waals surface area contributed by atoms with Crippen LogP contribution in [0, 0.1) is 0 Å². The van der Waals surface area contributed by atoms with Crippen molar-refractivity contribution < 1.29 is 0 Å². The van der Waals surface area contributed by atoms with E-state index in [1.165, 1.54) is 116 Å². The second kappa shape index (κ2) is 19.8. The summed E-state index contributed by atoms with van der Waals surface area (Å²) in [7, 11) is 0. The first-order chi connectivity index (χ1) is 11.3. The number of hydrogen-bond acceptors (Lipinski definition) is 0. The third-order valence-electron chi connectivity index (χ3n) is 4.94. The monoisotopic (exact) mass is 322 g/mol. The molecule has 0 rings (SSSR count). The fourth-order valence-electron chi connectivity index (χ4n) is 3.36. The van der Waals surface area contributed by atoms with E-state index in [4.69, 9.17) is 0 Å². The summed E-state index contributed by atoms with van der Waals surface area (Å²) in [6.45, 7) is 6.85. The van der Waals surface area contributed by atoms with Crippen LogP contribution in [0.1, 0.15) is 136 Å². The predicted octanol–water partition coefficient (Wildman–Crippen LogP) is 8.99. The van der Waals surface area contributed by atoms with Crippen LogP contribution in [0.3, 0.4) is 0 Å². The SMILES string of the molecule is CCCCCCCCCCCCCCCCCC=C(C)CCC. The molecule has 0 nitrogen and oxygen atoms in total. The van der Waals surface area contributed by atoms with E-state index in [-0.39, 0.29) is 0 Å². The molecule has 0 bridgehead atoms. The van der Waals surface area contributed by atoms with Gasteiger partial charge in [0, 0.05) is 0 Å². The molecule has 0 aromatic heterocycles. The first kappa shape index (κ1) is 22.7. The summed E-state index contributed by atoms with van der Waals surface area (Å²) in [5.74, 6) is 0. The predicted molar refractivity (Wildman–Crippen MR) is 108 cm³/mol. The van der Waals surface area contributed by atoms with Crippen LogP contribution in [0.2, 0.25) is 0 Å². The third kappa shape index (κ3) is 19.7. The van der Waals surface area contributed by atoms with Crippen LogP contribution in [-0.2, 0) is 0 Å². The molecule has 0 N–H and O–H groups in total. The molecule has 0 unspecified atom stereocenters. The molecule has 0 radical (unpaired) electrons. The van der Waals surface area contributed by atoms with E-state index in [1.54, 1.807) is 5.57 Å². The fraction of sp³-hybridized carbons (Fsp3) is 0.913.